The Morgan fingerprint density at radius 2 is 1.76 bits per heavy atom. The lowest BCUT2D eigenvalue weighted by atomic mass is 9.98. The van der Waals surface area contributed by atoms with Crippen LogP contribution < -0.4 is 5.32 Å². The van der Waals surface area contributed by atoms with E-state index in [0.29, 0.717) is 5.56 Å². The Hall–Kier alpha value is -2.95. The second kappa shape index (κ2) is 7.30. The summed E-state index contributed by atoms with van der Waals surface area (Å²) in [6.07, 6.45) is 0.292. The van der Waals surface area contributed by atoms with Gasteiger partial charge in [0.05, 0.1) is 12.5 Å². The van der Waals surface area contributed by atoms with E-state index in [9.17, 15) is 14.4 Å². The number of imide groups is 1. The van der Waals surface area contributed by atoms with Gasteiger partial charge in [-0.15, -0.1) is 0 Å². The third kappa shape index (κ3) is 3.76. The van der Waals surface area contributed by atoms with Crippen LogP contribution in [-0.4, -0.2) is 29.2 Å². The smallest absolute Gasteiger partial charge is 0.260 e. The van der Waals surface area contributed by atoms with E-state index >= 15 is 0 Å². The van der Waals surface area contributed by atoms with Gasteiger partial charge in [-0.3, -0.25) is 19.3 Å². The molecule has 2 aromatic rings. The average molecular weight is 336 g/mol. The van der Waals surface area contributed by atoms with Gasteiger partial charge in [-0.2, -0.15) is 0 Å². The Bertz CT molecular complexity index is 802. The Labute approximate surface area is 146 Å². The number of carbonyl (C=O) groups excluding carboxylic acids is 3. The fourth-order valence-corrected chi connectivity index (χ4v) is 2.98. The quantitative estimate of drug-likeness (QED) is 0.853. The first-order valence-corrected chi connectivity index (χ1v) is 8.33. The summed E-state index contributed by atoms with van der Waals surface area (Å²) in [5.41, 5.74) is 2.30. The highest BCUT2D eigenvalue weighted by Crippen LogP contribution is 2.20. The Morgan fingerprint density at radius 3 is 2.52 bits per heavy atom. The minimum atomic E-state index is -0.323. The maximum atomic E-state index is 12.5. The van der Waals surface area contributed by atoms with Crippen molar-refractivity contribution in [1.82, 2.24) is 10.2 Å². The molecule has 0 aromatic heterocycles. The molecule has 0 unspecified atom stereocenters. The van der Waals surface area contributed by atoms with E-state index in [1.54, 1.807) is 18.2 Å². The Kier molecular flexibility index (Phi) is 4.93. The molecule has 0 spiro atoms. The normalized spacial score (nSPS) is 14.8. The van der Waals surface area contributed by atoms with Gasteiger partial charge >= 0.3 is 0 Å². The van der Waals surface area contributed by atoms with Crippen molar-refractivity contribution >= 4 is 17.7 Å². The van der Waals surface area contributed by atoms with E-state index in [4.69, 9.17) is 0 Å². The zero-order valence-electron chi connectivity index (χ0n) is 14.1. The van der Waals surface area contributed by atoms with E-state index in [1.165, 1.54) is 4.90 Å². The van der Waals surface area contributed by atoms with E-state index in [1.807, 2.05) is 43.3 Å². The van der Waals surface area contributed by atoms with Crippen LogP contribution in [0.5, 0.6) is 0 Å². The first kappa shape index (κ1) is 16.9. The van der Waals surface area contributed by atoms with E-state index in [2.05, 4.69) is 5.32 Å². The van der Waals surface area contributed by atoms with E-state index < -0.39 is 0 Å². The zero-order valence-corrected chi connectivity index (χ0v) is 14.1. The summed E-state index contributed by atoms with van der Waals surface area (Å²) < 4.78 is 0. The molecule has 2 aromatic carbocycles. The first-order valence-electron chi connectivity index (χ1n) is 8.33. The molecule has 1 heterocycles. The summed E-state index contributed by atoms with van der Waals surface area (Å²) in [4.78, 5) is 38.0. The van der Waals surface area contributed by atoms with Crippen molar-refractivity contribution < 1.29 is 14.4 Å². The Morgan fingerprint density at radius 1 is 1.08 bits per heavy atom. The molecule has 5 heteroatoms. The highest BCUT2D eigenvalue weighted by atomic mass is 16.2. The average Bonchev–Trinajstić information content (AvgIpc) is 2.62. The van der Waals surface area contributed by atoms with Gasteiger partial charge in [0.1, 0.15) is 0 Å². The maximum absolute atomic E-state index is 12.5. The summed E-state index contributed by atoms with van der Waals surface area (Å²) in [5, 5.41) is 2.90. The summed E-state index contributed by atoms with van der Waals surface area (Å²) in [5.74, 6) is -0.765. The highest BCUT2D eigenvalue weighted by molar-refractivity contribution is 6.09. The van der Waals surface area contributed by atoms with Crippen LogP contribution in [0.2, 0.25) is 0 Å². The highest BCUT2D eigenvalue weighted by Gasteiger charge is 2.30. The number of nitrogens with one attached hydrogen (secondary N) is 1. The van der Waals surface area contributed by atoms with Crippen LogP contribution in [0.15, 0.2) is 54.6 Å². The molecule has 0 saturated carbocycles. The minimum Gasteiger partial charge on any atom is -0.350 e. The van der Waals surface area contributed by atoms with Crippen molar-refractivity contribution in [2.75, 3.05) is 6.54 Å². The van der Waals surface area contributed by atoms with Crippen molar-refractivity contribution in [3.8, 4) is 0 Å². The fourth-order valence-electron chi connectivity index (χ4n) is 2.98. The lowest BCUT2D eigenvalue weighted by Gasteiger charge is -2.26. The van der Waals surface area contributed by atoms with Crippen molar-refractivity contribution in [3.05, 3.63) is 71.3 Å². The molecule has 0 aliphatic carbocycles. The van der Waals surface area contributed by atoms with Gasteiger partial charge in [0.2, 0.25) is 11.8 Å². The monoisotopic (exact) mass is 336 g/mol. The number of amides is 3. The molecule has 128 valence electrons. The van der Waals surface area contributed by atoms with Gasteiger partial charge in [0, 0.05) is 18.5 Å². The van der Waals surface area contributed by atoms with Crippen LogP contribution in [0.1, 0.15) is 40.9 Å². The number of rotatable bonds is 5. The number of nitrogens with zero attached hydrogens (tertiary/aromatic N) is 1. The van der Waals surface area contributed by atoms with Crippen molar-refractivity contribution in [1.29, 1.82) is 0 Å². The molecule has 0 fully saturated rings. The van der Waals surface area contributed by atoms with Gasteiger partial charge in [0.25, 0.3) is 5.91 Å². The molecular formula is C20H20N2O3. The fraction of sp³-hybridized carbons (Fsp3) is 0.250. The summed E-state index contributed by atoms with van der Waals surface area (Å²) in [6, 6.07) is 16.6. The van der Waals surface area contributed by atoms with Crippen LogP contribution >= 0.6 is 0 Å². The van der Waals surface area contributed by atoms with Gasteiger partial charge in [-0.05, 0) is 24.1 Å². The van der Waals surface area contributed by atoms with Gasteiger partial charge < -0.3 is 5.32 Å². The number of hydrogen-bond donors (Lipinski definition) is 1. The van der Waals surface area contributed by atoms with Crippen LogP contribution in [0.25, 0.3) is 0 Å². The number of benzene rings is 2. The topological polar surface area (TPSA) is 66.5 Å². The molecule has 3 amide bonds. The molecular weight excluding hydrogens is 316 g/mol. The predicted molar refractivity (Wildman–Crippen MR) is 93.8 cm³/mol. The third-order valence-electron chi connectivity index (χ3n) is 4.38. The van der Waals surface area contributed by atoms with Crippen LogP contribution in [0.3, 0.4) is 0 Å². The largest absolute Gasteiger partial charge is 0.350 e. The minimum absolute atomic E-state index is 0.0941. The second-order valence-electron chi connectivity index (χ2n) is 6.13. The van der Waals surface area contributed by atoms with Crippen molar-refractivity contribution in [2.24, 2.45) is 0 Å². The van der Waals surface area contributed by atoms with Crippen LogP contribution in [0, 0.1) is 0 Å². The van der Waals surface area contributed by atoms with Gasteiger partial charge in [0.15, 0.2) is 0 Å². The zero-order chi connectivity index (χ0) is 17.8. The van der Waals surface area contributed by atoms with Crippen molar-refractivity contribution in [2.45, 2.75) is 25.8 Å². The summed E-state index contributed by atoms with van der Waals surface area (Å²) in [6.45, 7) is 2.00. The molecule has 0 radical (unpaired) electrons. The molecule has 1 aliphatic heterocycles. The third-order valence-corrected chi connectivity index (χ3v) is 4.38. The van der Waals surface area contributed by atoms with Crippen LogP contribution in [0.4, 0.5) is 0 Å². The summed E-state index contributed by atoms with van der Waals surface area (Å²) in [7, 11) is 0. The van der Waals surface area contributed by atoms with E-state index in [0.717, 1.165) is 11.1 Å². The molecule has 0 bridgehead atoms. The second-order valence-corrected chi connectivity index (χ2v) is 6.13. The lowest BCUT2D eigenvalue weighted by molar-refractivity contribution is -0.129. The van der Waals surface area contributed by atoms with Crippen molar-refractivity contribution in [3.63, 3.8) is 0 Å². The van der Waals surface area contributed by atoms with Gasteiger partial charge in [-0.1, -0.05) is 48.5 Å². The summed E-state index contributed by atoms with van der Waals surface area (Å²) >= 11 is 0. The van der Waals surface area contributed by atoms with Gasteiger partial charge in [-0.25, -0.2) is 0 Å². The molecule has 3 rings (SSSR count). The van der Waals surface area contributed by atoms with E-state index in [-0.39, 0.29) is 43.1 Å². The molecule has 25 heavy (non-hydrogen) atoms. The Balaban J connectivity index is 1.59. The number of hydrogen-bond acceptors (Lipinski definition) is 3. The maximum Gasteiger partial charge on any atom is 0.260 e. The number of fused-ring (bicyclic) bond motifs is 1. The predicted octanol–water partition coefficient (Wildman–Crippen LogP) is 2.48. The lowest BCUT2D eigenvalue weighted by Crippen LogP contribution is -2.44. The number of carbonyl (C=O) groups is 3. The van der Waals surface area contributed by atoms with Crippen LogP contribution in [-0.2, 0) is 16.0 Å². The first-order chi connectivity index (χ1) is 12.1. The standard InChI is InChI=1S/C20H20N2O3/c1-14(15-7-3-2-4-8-15)21-18(23)11-12-22-19(24)13-16-9-5-6-10-17(16)20(22)25/h2-10,14H,11-13H2,1H3,(H,21,23)/t14-/m1/s1. The molecule has 0 saturated heterocycles. The molecule has 1 atom stereocenters. The SMILES string of the molecule is C[C@@H](NC(=O)CCN1C(=O)Cc2ccccc2C1=O)c1ccccc1. The molecule has 5 nitrogen and oxygen atoms in total. The molecule has 1 N–H and O–H groups in total. The molecule has 1 aliphatic rings.